The van der Waals surface area contributed by atoms with Gasteiger partial charge in [-0.15, -0.1) is 10.2 Å². The number of aromatic nitrogens is 2. The molecule has 0 aliphatic carbocycles. The molecule has 2 N–H and O–H groups in total. The van der Waals surface area contributed by atoms with Crippen LogP contribution in [0.4, 0.5) is 5.13 Å². The average molecular weight is 521 g/mol. The van der Waals surface area contributed by atoms with E-state index in [2.05, 4.69) is 41.0 Å². The molecule has 3 aromatic carbocycles. The van der Waals surface area contributed by atoms with Crippen LogP contribution in [-0.2, 0) is 26.7 Å². The summed E-state index contributed by atoms with van der Waals surface area (Å²) in [6.07, 6.45) is 0.177. The molecule has 0 radical (unpaired) electrons. The molecular weight excluding hydrogens is 492 g/mol. The molecule has 36 heavy (non-hydrogen) atoms. The molecule has 1 aromatic heterocycles. The van der Waals surface area contributed by atoms with E-state index in [1.807, 2.05) is 60.7 Å². The van der Waals surface area contributed by atoms with Crippen molar-refractivity contribution in [3.8, 4) is 10.6 Å². The van der Waals surface area contributed by atoms with E-state index in [9.17, 15) is 13.2 Å². The Bertz CT molecular complexity index is 1410. The number of hydrogen-bond acceptors (Lipinski definition) is 6. The molecule has 0 aliphatic rings. The van der Waals surface area contributed by atoms with Gasteiger partial charge in [0.05, 0.1) is 4.90 Å². The van der Waals surface area contributed by atoms with Crippen molar-refractivity contribution in [1.82, 2.24) is 14.9 Å². The van der Waals surface area contributed by atoms with Gasteiger partial charge in [-0.25, -0.2) is 8.42 Å². The van der Waals surface area contributed by atoms with Gasteiger partial charge in [0.2, 0.25) is 21.1 Å². The molecule has 0 spiro atoms. The van der Waals surface area contributed by atoms with Gasteiger partial charge in [0.25, 0.3) is 0 Å². The summed E-state index contributed by atoms with van der Waals surface area (Å²) in [5, 5.41) is 11.9. The van der Waals surface area contributed by atoms with Crippen LogP contribution < -0.4 is 10.0 Å². The minimum atomic E-state index is -3.96. The maximum atomic E-state index is 13.3. The predicted molar refractivity (Wildman–Crippen MR) is 143 cm³/mol. The zero-order valence-corrected chi connectivity index (χ0v) is 21.9. The quantitative estimate of drug-likeness (QED) is 0.339. The first kappa shape index (κ1) is 25.7. The van der Waals surface area contributed by atoms with E-state index in [0.717, 1.165) is 16.7 Å². The van der Waals surface area contributed by atoms with Crippen molar-refractivity contribution in [1.29, 1.82) is 0 Å². The van der Waals surface area contributed by atoms with E-state index >= 15 is 0 Å². The molecule has 7 nitrogen and oxygen atoms in total. The lowest BCUT2D eigenvalue weighted by Gasteiger charge is -2.20. The highest BCUT2D eigenvalue weighted by Crippen LogP contribution is 2.26. The third kappa shape index (κ3) is 6.42. The molecule has 0 fully saturated rings. The zero-order valence-electron chi connectivity index (χ0n) is 20.3. The van der Waals surface area contributed by atoms with Gasteiger partial charge >= 0.3 is 0 Å². The number of nitrogens with one attached hydrogen (secondary N) is 2. The maximum absolute atomic E-state index is 13.3. The van der Waals surface area contributed by atoms with Gasteiger partial charge in [0, 0.05) is 5.56 Å². The Morgan fingerprint density at radius 3 is 2.11 bits per heavy atom. The highest BCUT2D eigenvalue weighted by Gasteiger charge is 2.27. The lowest BCUT2D eigenvalue weighted by atomic mass is 9.87. The molecule has 0 saturated carbocycles. The molecule has 4 aromatic rings. The number of nitrogens with zero attached hydrogens (tertiary/aromatic N) is 2. The Morgan fingerprint density at radius 1 is 0.889 bits per heavy atom. The van der Waals surface area contributed by atoms with Crippen LogP contribution in [0.1, 0.15) is 31.9 Å². The highest BCUT2D eigenvalue weighted by molar-refractivity contribution is 7.89. The molecule has 9 heteroatoms. The van der Waals surface area contributed by atoms with Gasteiger partial charge in [-0.1, -0.05) is 105 Å². The summed E-state index contributed by atoms with van der Waals surface area (Å²) in [7, 11) is -3.96. The standard InChI is InChI=1S/C27H28N4O3S2/c1-27(2,3)21-14-16-22(17-15-21)36(33,34)31-23(18-19-10-6-4-7-11-19)24(32)28-26-30-29-25(35-26)20-12-8-5-9-13-20/h4-17,23,31H,18H2,1-3H3,(H,28,30,32). The van der Waals surface area contributed by atoms with E-state index in [0.29, 0.717) is 10.1 Å². The second kappa shape index (κ2) is 10.7. The largest absolute Gasteiger partial charge is 0.299 e. The number of hydrogen-bond donors (Lipinski definition) is 2. The van der Waals surface area contributed by atoms with Crippen molar-refractivity contribution in [2.75, 3.05) is 5.32 Å². The van der Waals surface area contributed by atoms with E-state index in [1.54, 1.807) is 24.3 Å². The predicted octanol–water partition coefficient (Wildman–Crippen LogP) is 5.03. The lowest BCUT2D eigenvalue weighted by Crippen LogP contribution is -2.45. The monoisotopic (exact) mass is 520 g/mol. The number of anilines is 1. The van der Waals surface area contributed by atoms with Crippen LogP contribution in [0, 0.1) is 0 Å². The number of rotatable bonds is 8. The fourth-order valence-electron chi connectivity index (χ4n) is 3.59. The molecule has 1 heterocycles. The van der Waals surface area contributed by atoms with Gasteiger partial charge < -0.3 is 0 Å². The minimum Gasteiger partial charge on any atom is -0.299 e. The van der Waals surface area contributed by atoms with Crippen molar-refractivity contribution in [2.45, 2.75) is 43.5 Å². The van der Waals surface area contributed by atoms with Crippen LogP contribution in [0.2, 0.25) is 0 Å². The zero-order chi connectivity index (χ0) is 25.8. The second-order valence-corrected chi connectivity index (χ2v) is 12.1. The van der Waals surface area contributed by atoms with Crippen LogP contribution in [0.3, 0.4) is 0 Å². The molecule has 0 bridgehead atoms. The summed E-state index contributed by atoms with van der Waals surface area (Å²) in [4.78, 5) is 13.4. The van der Waals surface area contributed by atoms with Crippen molar-refractivity contribution >= 4 is 32.4 Å². The molecule has 1 unspecified atom stereocenters. The van der Waals surface area contributed by atoms with E-state index in [1.165, 1.54) is 11.3 Å². The van der Waals surface area contributed by atoms with Crippen molar-refractivity contribution in [3.05, 3.63) is 96.1 Å². The summed E-state index contributed by atoms with van der Waals surface area (Å²) in [6.45, 7) is 6.18. The smallest absolute Gasteiger partial charge is 0.244 e. The van der Waals surface area contributed by atoms with Gasteiger partial charge in [0.15, 0.2) is 0 Å². The number of benzene rings is 3. The SMILES string of the molecule is CC(C)(C)c1ccc(S(=O)(=O)NC(Cc2ccccc2)C(=O)Nc2nnc(-c3ccccc3)s2)cc1. The highest BCUT2D eigenvalue weighted by atomic mass is 32.2. The Balaban J connectivity index is 1.56. The van der Waals surface area contributed by atoms with Crippen molar-refractivity contribution in [3.63, 3.8) is 0 Å². The van der Waals surface area contributed by atoms with Crippen LogP contribution >= 0.6 is 11.3 Å². The number of amides is 1. The van der Waals surface area contributed by atoms with Gasteiger partial charge in [-0.2, -0.15) is 4.72 Å². The van der Waals surface area contributed by atoms with E-state index in [4.69, 9.17) is 0 Å². The summed E-state index contributed by atoms with van der Waals surface area (Å²) >= 11 is 1.22. The first-order chi connectivity index (χ1) is 17.1. The van der Waals surface area contributed by atoms with Crippen LogP contribution in [0.25, 0.3) is 10.6 Å². The molecule has 4 rings (SSSR count). The third-order valence-electron chi connectivity index (χ3n) is 5.60. The first-order valence-corrected chi connectivity index (χ1v) is 13.8. The van der Waals surface area contributed by atoms with Crippen LogP contribution in [0.5, 0.6) is 0 Å². The lowest BCUT2D eigenvalue weighted by molar-refractivity contribution is -0.117. The Morgan fingerprint density at radius 2 is 1.50 bits per heavy atom. The average Bonchev–Trinajstić information content (AvgIpc) is 3.33. The van der Waals surface area contributed by atoms with E-state index in [-0.39, 0.29) is 16.7 Å². The Labute approximate surface area is 215 Å². The summed E-state index contributed by atoms with van der Waals surface area (Å²) < 4.78 is 29.0. The third-order valence-corrected chi connectivity index (χ3v) is 7.98. The topological polar surface area (TPSA) is 101 Å². The fraction of sp³-hybridized carbons (Fsp3) is 0.222. The number of carbonyl (C=O) groups is 1. The van der Waals surface area contributed by atoms with Crippen molar-refractivity contribution in [2.24, 2.45) is 0 Å². The molecule has 186 valence electrons. The molecule has 0 aliphatic heterocycles. The molecular formula is C27H28N4O3S2. The summed E-state index contributed by atoms with van der Waals surface area (Å²) in [5.41, 5.74) is 2.62. The fourth-order valence-corrected chi connectivity index (χ4v) is 5.54. The summed E-state index contributed by atoms with van der Waals surface area (Å²) in [6, 6.07) is 24.5. The Kier molecular flexibility index (Phi) is 7.63. The molecule has 1 atom stereocenters. The number of sulfonamides is 1. The van der Waals surface area contributed by atoms with E-state index < -0.39 is 22.0 Å². The number of carbonyl (C=O) groups excluding carboxylic acids is 1. The van der Waals surface area contributed by atoms with Gasteiger partial charge in [-0.05, 0) is 35.1 Å². The van der Waals surface area contributed by atoms with Gasteiger partial charge in [-0.3, -0.25) is 10.1 Å². The Hall–Kier alpha value is -3.40. The summed E-state index contributed by atoms with van der Waals surface area (Å²) in [5.74, 6) is -0.510. The second-order valence-electron chi connectivity index (χ2n) is 9.41. The van der Waals surface area contributed by atoms with Crippen LogP contribution in [0.15, 0.2) is 89.8 Å². The van der Waals surface area contributed by atoms with Crippen LogP contribution in [-0.4, -0.2) is 30.6 Å². The van der Waals surface area contributed by atoms with Gasteiger partial charge in [0.1, 0.15) is 11.0 Å². The minimum absolute atomic E-state index is 0.101. The molecule has 1 amide bonds. The molecule has 0 saturated heterocycles. The normalized spacial score (nSPS) is 12.8. The van der Waals surface area contributed by atoms with Crippen molar-refractivity contribution < 1.29 is 13.2 Å². The first-order valence-electron chi connectivity index (χ1n) is 11.5. The maximum Gasteiger partial charge on any atom is 0.244 e.